The van der Waals surface area contributed by atoms with Gasteiger partial charge in [-0.2, -0.15) is 0 Å². The van der Waals surface area contributed by atoms with Gasteiger partial charge in [0.05, 0.1) is 13.7 Å². The predicted octanol–water partition coefficient (Wildman–Crippen LogP) is 4.89. The van der Waals surface area contributed by atoms with E-state index in [2.05, 4.69) is 27.6 Å². The van der Waals surface area contributed by atoms with Crippen molar-refractivity contribution in [2.75, 3.05) is 19.0 Å². The molecule has 0 saturated carbocycles. The van der Waals surface area contributed by atoms with E-state index in [9.17, 15) is 4.79 Å². The maximum Gasteiger partial charge on any atom is 0.250 e. The van der Waals surface area contributed by atoms with Gasteiger partial charge in [-0.25, -0.2) is 0 Å². The third-order valence-corrected chi connectivity index (χ3v) is 5.80. The second-order valence-electron chi connectivity index (χ2n) is 5.81. The van der Waals surface area contributed by atoms with Crippen LogP contribution in [-0.4, -0.2) is 29.8 Å². The van der Waals surface area contributed by atoms with Crippen LogP contribution in [0.1, 0.15) is 18.1 Å². The Hall–Kier alpha value is -2.84. The number of nitrogens with one attached hydrogen (secondary N) is 1. The van der Waals surface area contributed by atoms with Crippen molar-refractivity contribution < 1.29 is 14.3 Å². The molecule has 3 rings (SSSR count). The molecular formula is C21H21N3O3S2. The first kappa shape index (κ1) is 20.9. The summed E-state index contributed by atoms with van der Waals surface area (Å²) in [6, 6.07) is 15.6. The third kappa shape index (κ3) is 6.33. The number of hydrogen-bond acceptors (Lipinski definition) is 7. The number of benzene rings is 2. The van der Waals surface area contributed by atoms with E-state index in [1.807, 2.05) is 43.3 Å². The SMILES string of the molecule is CCOc1ccc(C=CC(=O)Nc2nnc(SCc3ccccc3)s2)cc1OC. The van der Waals surface area contributed by atoms with Gasteiger partial charge >= 0.3 is 0 Å². The summed E-state index contributed by atoms with van der Waals surface area (Å²) in [5, 5.41) is 11.4. The molecule has 0 saturated heterocycles. The topological polar surface area (TPSA) is 73.3 Å². The highest BCUT2D eigenvalue weighted by Crippen LogP contribution is 2.29. The zero-order valence-electron chi connectivity index (χ0n) is 16.1. The molecule has 2 aromatic carbocycles. The zero-order valence-corrected chi connectivity index (χ0v) is 17.8. The van der Waals surface area contributed by atoms with Crippen LogP contribution >= 0.6 is 23.1 Å². The Morgan fingerprint density at radius 3 is 2.76 bits per heavy atom. The summed E-state index contributed by atoms with van der Waals surface area (Å²) >= 11 is 2.94. The number of carbonyl (C=O) groups is 1. The smallest absolute Gasteiger partial charge is 0.250 e. The summed E-state index contributed by atoms with van der Waals surface area (Å²) in [6.45, 7) is 2.47. The zero-order chi connectivity index (χ0) is 20.5. The lowest BCUT2D eigenvalue weighted by atomic mass is 10.2. The van der Waals surface area contributed by atoms with Crippen molar-refractivity contribution in [3.05, 3.63) is 65.7 Å². The number of aromatic nitrogens is 2. The molecule has 0 aliphatic carbocycles. The maximum atomic E-state index is 12.2. The Bertz CT molecular complexity index is 974. The van der Waals surface area contributed by atoms with Gasteiger partial charge in [-0.05, 0) is 36.3 Å². The average Bonchev–Trinajstić information content (AvgIpc) is 3.19. The van der Waals surface area contributed by atoms with E-state index in [1.165, 1.54) is 23.0 Å². The van der Waals surface area contributed by atoms with E-state index >= 15 is 0 Å². The molecular weight excluding hydrogens is 406 g/mol. The van der Waals surface area contributed by atoms with Gasteiger partial charge in [-0.1, -0.05) is 59.5 Å². The molecule has 0 fully saturated rings. The minimum absolute atomic E-state index is 0.270. The fourth-order valence-electron chi connectivity index (χ4n) is 2.42. The molecule has 8 heteroatoms. The van der Waals surface area contributed by atoms with E-state index in [1.54, 1.807) is 24.9 Å². The van der Waals surface area contributed by atoms with Crippen LogP contribution in [0.15, 0.2) is 58.9 Å². The molecule has 1 amide bonds. The second-order valence-corrected chi connectivity index (χ2v) is 8.01. The summed E-state index contributed by atoms with van der Waals surface area (Å²) in [6.07, 6.45) is 3.16. The highest BCUT2D eigenvalue weighted by atomic mass is 32.2. The Morgan fingerprint density at radius 2 is 2.00 bits per heavy atom. The van der Waals surface area contributed by atoms with Gasteiger partial charge in [-0.3, -0.25) is 10.1 Å². The van der Waals surface area contributed by atoms with Gasteiger partial charge in [0.15, 0.2) is 15.8 Å². The normalized spacial score (nSPS) is 10.8. The van der Waals surface area contributed by atoms with Crippen molar-refractivity contribution in [3.8, 4) is 11.5 Å². The van der Waals surface area contributed by atoms with E-state index in [-0.39, 0.29) is 5.91 Å². The highest BCUT2D eigenvalue weighted by Gasteiger charge is 2.08. The standard InChI is InChI=1S/C21H21N3O3S2/c1-3-27-17-11-9-15(13-18(17)26-2)10-12-19(25)22-20-23-24-21(29-20)28-14-16-7-5-4-6-8-16/h4-13H,3,14H2,1-2H3,(H,22,23,25). The number of rotatable bonds is 9. The molecule has 1 aromatic heterocycles. The fourth-order valence-corrected chi connectivity index (χ4v) is 4.13. The van der Waals surface area contributed by atoms with Gasteiger partial charge in [0.2, 0.25) is 11.0 Å². The average molecular weight is 428 g/mol. The van der Waals surface area contributed by atoms with Crippen molar-refractivity contribution in [1.82, 2.24) is 10.2 Å². The number of methoxy groups -OCH3 is 1. The number of carbonyl (C=O) groups excluding carboxylic acids is 1. The molecule has 150 valence electrons. The third-order valence-electron chi connectivity index (χ3n) is 3.76. The Labute approximate surface area is 178 Å². The van der Waals surface area contributed by atoms with Crippen LogP contribution in [0.3, 0.4) is 0 Å². The number of amides is 1. The molecule has 0 aliphatic rings. The number of ether oxygens (including phenoxy) is 2. The Balaban J connectivity index is 1.55. The summed E-state index contributed by atoms with van der Waals surface area (Å²) in [5.74, 6) is 1.83. The molecule has 0 unspecified atom stereocenters. The molecule has 3 aromatic rings. The van der Waals surface area contributed by atoms with E-state index in [4.69, 9.17) is 9.47 Å². The van der Waals surface area contributed by atoms with Crippen LogP contribution in [0, 0.1) is 0 Å². The number of nitrogens with zero attached hydrogens (tertiary/aromatic N) is 2. The second kappa shape index (κ2) is 10.6. The van der Waals surface area contributed by atoms with Gasteiger partial charge < -0.3 is 9.47 Å². The Kier molecular flexibility index (Phi) is 7.66. The van der Waals surface area contributed by atoms with Crippen LogP contribution in [0.25, 0.3) is 6.08 Å². The molecule has 1 N–H and O–H groups in total. The lowest BCUT2D eigenvalue weighted by Gasteiger charge is -2.09. The van der Waals surface area contributed by atoms with Gasteiger partial charge in [0.25, 0.3) is 0 Å². The first-order chi connectivity index (χ1) is 14.2. The van der Waals surface area contributed by atoms with Crippen molar-refractivity contribution in [2.45, 2.75) is 17.0 Å². The Morgan fingerprint density at radius 1 is 1.17 bits per heavy atom. The lowest BCUT2D eigenvalue weighted by molar-refractivity contribution is -0.111. The van der Waals surface area contributed by atoms with Crippen LogP contribution in [0.4, 0.5) is 5.13 Å². The van der Waals surface area contributed by atoms with E-state index < -0.39 is 0 Å². The van der Waals surface area contributed by atoms with E-state index in [0.29, 0.717) is 23.2 Å². The van der Waals surface area contributed by atoms with E-state index in [0.717, 1.165) is 15.7 Å². The molecule has 0 bridgehead atoms. The molecule has 6 nitrogen and oxygen atoms in total. The van der Waals surface area contributed by atoms with Crippen LogP contribution in [0.5, 0.6) is 11.5 Å². The van der Waals surface area contributed by atoms with Gasteiger partial charge in [0, 0.05) is 11.8 Å². The maximum absolute atomic E-state index is 12.2. The number of thioether (sulfide) groups is 1. The fraction of sp³-hybridized carbons (Fsp3) is 0.190. The molecule has 0 radical (unpaired) electrons. The molecule has 0 spiro atoms. The molecule has 29 heavy (non-hydrogen) atoms. The quantitative estimate of drug-likeness (QED) is 0.298. The summed E-state index contributed by atoms with van der Waals surface area (Å²) in [5.41, 5.74) is 2.05. The predicted molar refractivity (Wildman–Crippen MR) is 118 cm³/mol. The minimum atomic E-state index is -0.270. The number of hydrogen-bond donors (Lipinski definition) is 1. The first-order valence-electron chi connectivity index (χ1n) is 8.98. The number of anilines is 1. The van der Waals surface area contributed by atoms with Crippen molar-refractivity contribution in [2.24, 2.45) is 0 Å². The molecule has 1 heterocycles. The largest absolute Gasteiger partial charge is 0.493 e. The minimum Gasteiger partial charge on any atom is -0.493 e. The first-order valence-corrected chi connectivity index (χ1v) is 10.8. The van der Waals surface area contributed by atoms with Crippen LogP contribution in [0.2, 0.25) is 0 Å². The lowest BCUT2D eigenvalue weighted by Crippen LogP contribution is -2.07. The monoisotopic (exact) mass is 427 g/mol. The summed E-state index contributed by atoms with van der Waals surface area (Å²) in [7, 11) is 1.58. The summed E-state index contributed by atoms with van der Waals surface area (Å²) in [4.78, 5) is 12.2. The van der Waals surface area contributed by atoms with Crippen molar-refractivity contribution in [1.29, 1.82) is 0 Å². The molecule has 0 atom stereocenters. The van der Waals surface area contributed by atoms with Gasteiger partial charge in [-0.15, -0.1) is 10.2 Å². The highest BCUT2D eigenvalue weighted by molar-refractivity contribution is 8.00. The summed E-state index contributed by atoms with van der Waals surface area (Å²) < 4.78 is 11.6. The van der Waals surface area contributed by atoms with Gasteiger partial charge in [0.1, 0.15) is 0 Å². The molecule has 0 aliphatic heterocycles. The van der Waals surface area contributed by atoms with Crippen LogP contribution in [-0.2, 0) is 10.5 Å². The van der Waals surface area contributed by atoms with Crippen molar-refractivity contribution in [3.63, 3.8) is 0 Å². The van der Waals surface area contributed by atoms with Crippen LogP contribution < -0.4 is 14.8 Å². The van der Waals surface area contributed by atoms with Crippen molar-refractivity contribution >= 4 is 40.2 Å².